The quantitative estimate of drug-likeness (QED) is 0.546. The predicted octanol–water partition coefficient (Wildman–Crippen LogP) is 4.14. The van der Waals surface area contributed by atoms with Crippen molar-refractivity contribution in [3.05, 3.63) is 27.2 Å². The number of halogens is 3. The third-order valence-electron chi connectivity index (χ3n) is 2.47. The molecule has 1 aromatic rings. The number of hydrogen-bond acceptors (Lipinski definition) is 3. The molecule has 1 aromatic carbocycles. The molecular formula is C11H13Cl3O3Sn. The molecule has 1 atom stereocenters. The Kier molecular flexibility index (Phi) is 4.95. The van der Waals surface area contributed by atoms with E-state index in [2.05, 4.69) is 9.88 Å². The van der Waals surface area contributed by atoms with Crippen molar-refractivity contribution in [3.8, 4) is 5.75 Å². The van der Waals surface area contributed by atoms with Gasteiger partial charge in [-0.2, -0.15) is 0 Å². The minimum atomic E-state index is -2.64. The molecule has 0 amide bonds. The van der Waals surface area contributed by atoms with E-state index >= 15 is 0 Å². The molecule has 0 N–H and O–H groups in total. The van der Waals surface area contributed by atoms with Crippen molar-refractivity contribution in [2.75, 3.05) is 13.2 Å². The normalized spacial score (nSPS) is 22.2. The van der Waals surface area contributed by atoms with Gasteiger partial charge in [0.1, 0.15) is 0 Å². The van der Waals surface area contributed by atoms with E-state index in [4.69, 9.17) is 45.7 Å². The molecule has 0 aromatic heterocycles. The van der Waals surface area contributed by atoms with Crippen molar-refractivity contribution < 1.29 is 10.9 Å². The van der Waals surface area contributed by atoms with E-state index in [1.165, 1.54) is 0 Å². The molecule has 7 heteroatoms. The fourth-order valence-electron chi connectivity index (χ4n) is 1.64. The maximum atomic E-state index is 6.02. The Labute approximate surface area is 126 Å². The molecule has 18 heavy (non-hydrogen) atoms. The summed E-state index contributed by atoms with van der Waals surface area (Å²) < 4.78 is 17.1. The molecular weight excluding hydrogens is 405 g/mol. The summed E-state index contributed by atoms with van der Waals surface area (Å²) in [4.78, 5) is 4.14. The second-order valence-electron chi connectivity index (χ2n) is 4.46. The van der Waals surface area contributed by atoms with Crippen LogP contribution in [0.3, 0.4) is 0 Å². The molecule has 2 rings (SSSR count). The molecule has 3 nitrogen and oxygen atoms in total. The average molecular weight is 418 g/mol. The molecule has 1 aliphatic rings. The van der Waals surface area contributed by atoms with Crippen LogP contribution in [0, 0.1) is 0 Å². The molecule has 0 saturated carbocycles. The fourth-order valence-corrected chi connectivity index (χ4v) is 6.78. The van der Waals surface area contributed by atoms with Gasteiger partial charge in [0, 0.05) is 0 Å². The Bertz CT molecular complexity index is 453. The zero-order chi connectivity index (χ0) is 13.3. The van der Waals surface area contributed by atoms with Gasteiger partial charge in [0.15, 0.2) is 0 Å². The van der Waals surface area contributed by atoms with Gasteiger partial charge in [-0.15, -0.1) is 0 Å². The zero-order valence-corrected chi connectivity index (χ0v) is 15.1. The summed E-state index contributed by atoms with van der Waals surface area (Å²) in [6.45, 7) is 0.986. The van der Waals surface area contributed by atoms with Crippen LogP contribution in [0.1, 0.15) is 0 Å². The summed E-state index contributed by atoms with van der Waals surface area (Å²) in [5, 5.41) is 1.26. The summed E-state index contributed by atoms with van der Waals surface area (Å²) in [7, 11) is 0. The van der Waals surface area contributed by atoms with Crippen LogP contribution in [0.4, 0.5) is 0 Å². The number of hydrogen-bond donors (Lipinski definition) is 0. The molecule has 100 valence electrons. The monoisotopic (exact) mass is 418 g/mol. The first-order valence-corrected chi connectivity index (χ1v) is 14.6. The van der Waals surface area contributed by atoms with E-state index in [9.17, 15) is 0 Å². The van der Waals surface area contributed by atoms with Crippen molar-refractivity contribution >= 4 is 54.0 Å². The van der Waals surface area contributed by atoms with Gasteiger partial charge in [-0.1, -0.05) is 0 Å². The molecule has 0 aliphatic carbocycles. The first-order chi connectivity index (χ1) is 8.37. The maximum absolute atomic E-state index is 6.02. The molecule has 0 unspecified atom stereocenters. The van der Waals surface area contributed by atoms with E-state index in [-0.39, 0.29) is 6.10 Å². The number of benzene rings is 1. The molecule has 1 saturated heterocycles. The third-order valence-corrected chi connectivity index (χ3v) is 8.52. The Morgan fingerprint density at radius 1 is 1.22 bits per heavy atom. The van der Waals surface area contributed by atoms with Crippen LogP contribution in [0.15, 0.2) is 12.1 Å². The van der Waals surface area contributed by atoms with Crippen molar-refractivity contribution in [2.24, 2.45) is 0 Å². The van der Waals surface area contributed by atoms with Crippen LogP contribution in [0.5, 0.6) is 5.75 Å². The average Bonchev–Trinajstić information content (AvgIpc) is 2.62. The summed E-state index contributed by atoms with van der Waals surface area (Å²) in [6, 6.07) is 3.17. The SMILES string of the molecule is [CH3][Sn]1([CH3])[O]C[C@@H](COc2cc(Cl)c(Cl)cc2Cl)[O]1. The molecule has 1 heterocycles. The van der Waals surface area contributed by atoms with Crippen molar-refractivity contribution in [2.45, 2.75) is 16.0 Å². The van der Waals surface area contributed by atoms with Crippen LogP contribution in [-0.2, 0) is 6.15 Å². The number of rotatable bonds is 3. The van der Waals surface area contributed by atoms with E-state index in [0.717, 1.165) is 0 Å². The van der Waals surface area contributed by atoms with Crippen molar-refractivity contribution in [3.63, 3.8) is 0 Å². The predicted molar refractivity (Wildman–Crippen MR) is 75.3 cm³/mol. The van der Waals surface area contributed by atoms with Gasteiger partial charge in [0.25, 0.3) is 0 Å². The van der Waals surface area contributed by atoms with Crippen LogP contribution >= 0.6 is 34.8 Å². The Morgan fingerprint density at radius 2 is 1.89 bits per heavy atom. The van der Waals surface area contributed by atoms with Gasteiger partial charge < -0.3 is 0 Å². The van der Waals surface area contributed by atoms with Crippen LogP contribution in [0.25, 0.3) is 0 Å². The molecule has 0 radical (unpaired) electrons. The van der Waals surface area contributed by atoms with E-state index in [1.807, 2.05) is 0 Å². The van der Waals surface area contributed by atoms with Crippen LogP contribution in [0.2, 0.25) is 24.9 Å². The Balaban J connectivity index is 1.97. The van der Waals surface area contributed by atoms with Gasteiger partial charge >= 0.3 is 127 Å². The Hall–Kier alpha value is 0.609. The van der Waals surface area contributed by atoms with Gasteiger partial charge in [-0.3, -0.25) is 0 Å². The van der Waals surface area contributed by atoms with E-state index < -0.39 is 19.2 Å². The molecule has 1 aliphatic heterocycles. The third kappa shape index (κ3) is 3.81. The summed E-state index contributed by atoms with van der Waals surface area (Å²) in [5.74, 6) is 0.509. The fraction of sp³-hybridized carbons (Fsp3) is 0.455. The molecule has 1 fully saturated rings. The molecule has 0 spiro atoms. The second kappa shape index (κ2) is 5.93. The van der Waals surface area contributed by atoms with Crippen molar-refractivity contribution in [1.29, 1.82) is 0 Å². The minimum absolute atomic E-state index is 0.0266. The first kappa shape index (κ1) is 15.0. The second-order valence-corrected chi connectivity index (χ2v) is 15.2. The van der Waals surface area contributed by atoms with E-state index in [0.29, 0.717) is 34.0 Å². The first-order valence-electron chi connectivity index (χ1n) is 5.46. The summed E-state index contributed by atoms with van der Waals surface area (Å²) in [5.41, 5.74) is 0. The van der Waals surface area contributed by atoms with Gasteiger partial charge in [-0.25, -0.2) is 0 Å². The zero-order valence-electron chi connectivity index (χ0n) is 10.0. The molecule has 0 bridgehead atoms. The van der Waals surface area contributed by atoms with Crippen LogP contribution in [-0.4, -0.2) is 38.5 Å². The van der Waals surface area contributed by atoms with E-state index in [1.54, 1.807) is 12.1 Å². The summed E-state index contributed by atoms with van der Waals surface area (Å²) >= 11 is 15.1. The van der Waals surface area contributed by atoms with Crippen molar-refractivity contribution in [1.82, 2.24) is 0 Å². The van der Waals surface area contributed by atoms with Gasteiger partial charge in [-0.05, 0) is 0 Å². The van der Waals surface area contributed by atoms with Gasteiger partial charge in [0.2, 0.25) is 0 Å². The Morgan fingerprint density at radius 3 is 2.50 bits per heavy atom. The topological polar surface area (TPSA) is 27.7 Å². The van der Waals surface area contributed by atoms with Crippen LogP contribution < -0.4 is 4.74 Å². The number of ether oxygens (including phenoxy) is 1. The van der Waals surface area contributed by atoms with Gasteiger partial charge in [0.05, 0.1) is 0 Å². The standard InChI is InChI=1S/C9H7Cl3O3.2CH3.Sn/c10-6-1-8(12)9(2-7(6)11)15-4-5(14)3-13;;;/h1-2,5H,3-4H2;2*1H3;/q-2;;;+2/t5-;;;/m0.../s1. The summed E-state index contributed by atoms with van der Waals surface area (Å²) in [6.07, 6.45) is -0.0266.